The predicted octanol–water partition coefficient (Wildman–Crippen LogP) is 6.29. The number of carboxylic acid groups (broad SMARTS) is 1. The average molecular weight is 454 g/mol. The fourth-order valence-corrected chi connectivity index (χ4v) is 4.32. The SMILES string of the molecule is CCCC1CC(NCc2cc(C(F)(F)F)cc(C(F)(F)F)c2)CC(CCC)N1C(=O)O. The summed E-state index contributed by atoms with van der Waals surface area (Å²) in [6, 6.07) is 0.884. The Labute approximate surface area is 177 Å². The molecule has 10 heteroatoms. The Morgan fingerprint density at radius 2 is 1.42 bits per heavy atom. The number of piperidine rings is 1. The van der Waals surface area contributed by atoms with Gasteiger partial charge < -0.3 is 15.3 Å². The van der Waals surface area contributed by atoms with Crippen LogP contribution in [-0.2, 0) is 18.9 Å². The summed E-state index contributed by atoms with van der Waals surface area (Å²) in [4.78, 5) is 13.2. The van der Waals surface area contributed by atoms with Crippen LogP contribution < -0.4 is 5.32 Å². The minimum absolute atomic E-state index is 0.109. The zero-order valence-electron chi connectivity index (χ0n) is 17.5. The van der Waals surface area contributed by atoms with Crippen molar-refractivity contribution in [3.8, 4) is 0 Å². The van der Waals surface area contributed by atoms with Crippen molar-refractivity contribution in [2.75, 3.05) is 0 Å². The molecule has 1 aliphatic rings. The van der Waals surface area contributed by atoms with Gasteiger partial charge in [0, 0.05) is 24.7 Å². The molecule has 1 aromatic rings. The molecule has 1 amide bonds. The van der Waals surface area contributed by atoms with Crippen LogP contribution in [0, 0.1) is 0 Å². The monoisotopic (exact) mass is 454 g/mol. The summed E-state index contributed by atoms with van der Waals surface area (Å²) in [6.07, 6.45) is -7.02. The Bertz CT molecular complexity index is 702. The van der Waals surface area contributed by atoms with Crippen molar-refractivity contribution in [2.45, 2.75) is 89.4 Å². The van der Waals surface area contributed by atoms with Crippen molar-refractivity contribution in [3.05, 3.63) is 34.9 Å². The predicted molar refractivity (Wildman–Crippen MR) is 104 cm³/mol. The molecule has 0 radical (unpaired) electrons. The molecule has 0 aliphatic carbocycles. The lowest BCUT2D eigenvalue weighted by molar-refractivity contribution is -0.143. The van der Waals surface area contributed by atoms with Gasteiger partial charge in [-0.1, -0.05) is 26.7 Å². The molecule has 0 aromatic heterocycles. The van der Waals surface area contributed by atoms with Crippen molar-refractivity contribution in [3.63, 3.8) is 0 Å². The van der Waals surface area contributed by atoms with E-state index in [1.54, 1.807) is 0 Å². The molecule has 2 N–H and O–H groups in total. The smallest absolute Gasteiger partial charge is 0.416 e. The van der Waals surface area contributed by atoms with E-state index in [1.807, 2.05) is 13.8 Å². The molecule has 31 heavy (non-hydrogen) atoms. The summed E-state index contributed by atoms with van der Waals surface area (Å²) >= 11 is 0. The average Bonchev–Trinajstić information content (AvgIpc) is 2.65. The van der Waals surface area contributed by atoms with E-state index in [2.05, 4.69) is 5.32 Å². The summed E-state index contributed by atoms with van der Waals surface area (Å²) in [5.74, 6) is 0. The number of halogens is 6. The van der Waals surface area contributed by atoms with Crippen molar-refractivity contribution in [1.82, 2.24) is 10.2 Å². The lowest BCUT2D eigenvalue weighted by Crippen LogP contribution is -2.55. The molecule has 1 fully saturated rings. The van der Waals surface area contributed by atoms with E-state index >= 15 is 0 Å². The summed E-state index contributed by atoms with van der Waals surface area (Å²) in [7, 11) is 0. The highest BCUT2D eigenvalue weighted by Gasteiger charge is 2.39. The van der Waals surface area contributed by atoms with Crippen LogP contribution in [0.3, 0.4) is 0 Å². The Hall–Kier alpha value is -1.97. The van der Waals surface area contributed by atoms with E-state index < -0.39 is 29.6 Å². The van der Waals surface area contributed by atoms with E-state index in [9.17, 15) is 36.2 Å². The van der Waals surface area contributed by atoms with Gasteiger partial charge in [0.1, 0.15) is 0 Å². The van der Waals surface area contributed by atoms with Crippen LogP contribution in [0.5, 0.6) is 0 Å². The van der Waals surface area contributed by atoms with Gasteiger partial charge >= 0.3 is 18.4 Å². The number of benzene rings is 1. The molecule has 1 aromatic carbocycles. The van der Waals surface area contributed by atoms with Gasteiger partial charge in [0.05, 0.1) is 11.1 Å². The first-order chi connectivity index (χ1) is 14.4. The van der Waals surface area contributed by atoms with Crippen LogP contribution >= 0.6 is 0 Å². The van der Waals surface area contributed by atoms with Gasteiger partial charge in [-0.05, 0) is 49.4 Å². The highest BCUT2D eigenvalue weighted by molar-refractivity contribution is 5.66. The molecule has 2 rings (SSSR count). The number of likely N-dealkylation sites (tertiary alicyclic amines) is 1. The summed E-state index contributed by atoms with van der Waals surface area (Å²) in [5.41, 5.74) is -2.79. The zero-order chi connectivity index (χ0) is 23.4. The largest absolute Gasteiger partial charge is 0.465 e. The van der Waals surface area contributed by atoms with Gasteiger partial charge in [-0.25, -0.2) is 4.79 Å². The van der Waals surface area contributed by atoms with Gasteiger partial charge in [0.15, 0.2) is 0 Å². The van der Waals surface area contributed by atoms with Crippen LogP contribution in [0.2, 0.25) is 0 Å². The van der Waals surface area contributed by atoms with Crippen LogP contribution in [0.1, 0.15) is 69.1 Å². The summed E-state index contributed by atoms with van der Waals surface area (Å²) in [5, 5.41) is 12.7. The molecular weight excluding hydrogens is 426 g/mol. The first-order valence-electron chi connectivity index (χ1n) is 10.4. The summed E-state index contributed by atoms with van der Waals surface area (Å²) < 4.78 is 78.4. The van der Waals surface area contributed by atoms with Gasteiger partial charge in [-0.3, -0.25) is 0 Å². The molecular formula is C21H28F6N2O2. The van der Waals surface area contributed by atoms with E-state index in [4.69, 9.17) is 0 Å². The highest BCUT2D eigenvalue weighted by Crippen LogP contribution is 2.36. The first-order valence-corrected chi connectivity index (χ1v) is 10.4. The number of nitrogens with one attached hydrogen (secondary N) is 1. The molecule has 1 heterocycles. The quantitative estimate of drug-likeness (QED) is 0.476. The Morgan fingerprint density at radius 3 is 1.77 bits per heavy atom. The van der Waals surface area contributed by atoms with Gasteiger partial charge in [0.2, 0.25) is 0 Å². The Balaban J connectivity index is 2.22. The standard InChI is InChI=1S/C21H28F6N2O2/c1-3-5-17-10-16(11-18(6-4-2)29(17)19(30)31)28-12-13-7-14(20(22,23)24)9-15(8-13)21(25,26)27/h7-9,16-18,28H,3-6,10-12H2,1-2H3,(H,30,31). The lowest BCUT2D eigenvalue weighted by atomic mass is 9.87. The molecule has 2 unspecified atom stereocenters. The van der Waals surface area contributed by atoms with Crippen molar-refractivity contribution >= 4 is 6.09 Å². The van der Waals surface area contributed by atoms with E-state index in [1.165, 1.54) is 4.90 Å². The fourth-order valence-electron chi connectivity index (χ4n) is 4.32. The normalized spacial score (nSPS) is 22.6. The number of hydrogen-bond acceptors (Lipinski definition) is 2. The maximum Gasteiger partial charge on any atom is 0.416 e. The molecule has 0 spiro atoms. The van der Waals surface area contributed by atoms with Gasteiger partial charge in [-0.15, -0.1) is 0 Å². The van der Waals surface area contributed by atoms with E-state index in [-0.39, 0.29) is 36.3 Å². The van der Waals surface area contributed by atoms with E-state index in [0.717, 1.165) is 25.0 Å². The molecule has 2 atom stereocenters. The minimum Gasteiger partial charge on any atom is -0.465 e. The van der Waals surface area contributed by atoms with Crippen molar-refractivity contribution in [2.24, 2.45) is 0 Å². The molecule has 176 valence electrons. The van der Waals surface area contributed by atoms with Crippen molar-refractivity contribution < 1.29 is 36.2 Å². The number of nitrogens with zero attached hydrogens (tertiary/aromatic N) is 1. The molecule has 4 nitrogen and oxygen atoms in total. The Morgan fingerprint density at radius 1 is 0.968 bits per heavy atom. The number of alkyl halides is 6. The molecule has 1 aliphatic heterocycles. The van der Waals surface area contributed by atoms with Gasteiger partial charge in [0.25, 0.3) is 0 Å². The molecule has 1 saturated heterocycles. The number of hydrogen-bond donors (Lipinski definition) is 2. The summed E-state index contributed by atoms with van der Waals surface area (Å²) in [6.45, 7) is 3.71. The second kappa shape index (κ2) is 10.1. The number of amides is 1. The van der Waals surface area contributed by atoms with Crippen LogP contribution in [0.4, 0.5) is 31.1 Å². The molecule has 0 saturated carbocycles. The maximum absolute atomic E-state index is 13.1. The second-order valence-electron chi connectivity index (χ2n) is 8.04. The van der Waals surface area contributed by atoms with E-state index in [0.29, 0.717) is 25.7 Å². The zero-order valence-corrected chi connectivity index (χ0v) is 17.5. The third-order valence-corrected chi connectivity index (χ3v) is 5.61. The maximum atomic E-state index is 13.1. The number of carbonyl (C=O) groups is 1. The fraction of sp³-hybridized carbons (Fsp3) is 0.667. The topological polar surface area (TPSA) is 52.6 Å². The molecule has 0 bridgehead atoms. The second-order valence-corrected chi connectivity index (χ2v) is 8.04. The first kappa shape index (κ1) is 25.3. The third kappa shape index (κ3) is 6.75. The van der Waals surface area contributed by atoms with Crippen molar-refractivity contribution in [1.29, 1.82) is 0 Å². The lowest BCUT2D eigenvalue weighted by Gasteiger charge is -2.44. The number of rotatable bonds is 7. The minimum atomic E-state index is -4.89. The highest BCUT2D eigenvalue weighted by atomic mass is 19.4. The van der Waals surface area contributed by atoms with Crippen LogP contribution in [0.15, 0.2) is 18.2 Å². The third-order valence-electron chi connectivity index (χ3n) is 5.61. The van der Waals surface area contributed by atoms with Gasteiger partial charge in [-0.2, -0.15) is 26.3 Å². The van der Waals surface area contributed by atoms with Crippen LogP contribution in [0.25, 0.3) is 0 Å². The van der Waals surface area contributed by atoms with Crippen LogP contribution in [-0.4, -0.2) is 34.2 Å². The Kier molecular flexibility index (Phi) is 8.24.